The average molecular weight is 322 g/mol. The van der Waals surface area contributed by atoms with Crippen molar-refractivity contribution in [3.05, 3.63) is 16.4 Å². The highest BCUT2D eigenvalue weighted by Crippen LogP contribution is 2.30. The lowest BCUT2D eigenvalue weighted by Gasteiger charge is -2.16. The lowest BCUT2D eigenvalue weighted by atomic mass is 10.2. The molecular formula is C13H18ClF2N3O2. The Morgan fingerprint density at radius 3 is 2.86 bits per heavy atom. The van der Waals surface area contributed by atoms with Crippen LogP contribution in [-0.2, 0) is 9.53 Å². The molecule has 1 aromatic rings. The van der Waals surface area contributed by atoms with Gasteiger partial charge in [0.25, 0.3) is 6.43 Å². The average Bonchev–Trinajstić information content (AvgIpc) is 3.05. The standard InChI is InChI=1S/C13H18ClF2N3O2/c1-7-10(14)11(12(15)16)18-19(7)8(2)13(20)17-6-9-4-3-5-21-9/h8-9,12H,3-6H2,1-2H3,(H,17,20). The van der Waals surface area contributed by atoms with E-state index in [1.165, 1.54) is 4.68 Å². The third-order valence-electron chi connectivity index (χ3n) is 3.58. The number of rotatable bonds is 5. The lowest BCUT2D eigenvalue weighted by Crippen LogP contribution is -2.36. The number of nitrogens with zero attached hydrogens (tertiary/aromatic N) is 2. The van der Waals surface area contributed by atoms with E-state index in [-0.39, 0.29) is 17.0 Å². The molecule has 1 N–H and O–H groups in total. The van der Waals surface area contributed by atoms with Crippen LogP contribution < -0.4 is 5.32 Å². The molecule has 0 aliphatic carbocycles. The predicted molar refractivity (Wildman–Crippen MR) is 73.6 cm³/mol. The summed E-state index contributed by atoms with van der Waals surface area (Å²) in [5, 5.41) is 6.41. The Morgan fingerprint density at radius 2 is 2.33 bits per heavy atom. The molecule has 1 fully saturated rings. The van der Waals surface area contributed by atoms with Crippen LogP contribution >= 0.6 is 11.6 Å². The third-order valence-corrected chi connectivity index (χ3v) is 4.05. The summed E-state index contributed by atoms with van der Waals surface area (Å²) >= 11 is 5.82. The van der Waals surface area contributed by atoms with E-state index in [0.717, 1.165) is 12.8 Å². The number of carbonyl (C=O) groups excluding carboxylic acids is 1. The first-order chi connectivity index (χ1) is 9.91. The molecule has 8 heteroatoms. The zero-order chi connectivity index (χ0) is 15.6. The fourth-order valence-corrected chi connectivity index (χ4v) is 2.52. The van der Waals surface area contributed by atoms with Crippen LogP contribution in [0.25, 0.3) is 0 Å². The van der Waals surface area contributed by atoms with Gasteiger partial charge in [-0.25, -0.2) is 8.78 Å². The summed E-state index contributed by atoms with van der Waals surface area (Å²) in [5.41, 5.74) is -0.139. The number of alkyl halides is 2. The van der Waals surface area contributed by atoms with E-state index >= 15 is 0 Å². The highest BCUT2D eigenvalue weighted by atomic mass is 35.5. The van der Waals surface area contributed by atoms with Crippen LogP contribution in [0.4, 0.5) is 8.78 Å². The Kier molecular flexibility index (Phi) is 5.16. The number of hydrogen-bond acceptors (Lipinski definition) is 3. The maximum atomic E-state index is 12.8. The fourth-order valence-electron chi connectivity index (χ4n) is 2.32. The molecule has 2 atom stereocenters. The normalized spacial score (nSPS) is 20.0. The molecule has 0 aromatic carbocycles. The number of ether oxygens (including phenoxy) is 1. The number of amides is 1. The topological polar surface area (TPSA) is 56.2 Å². The summed E-state index contributed by atoms with van der Waals surface area (Å²) in [6, 6.07) is -0.712. The van der Waals surface area contributed by atoms with Crippen molar-refractivity contribution in [3.63, 3.8) is 0 Å². The fraction of sp³-hybridized carbons (Fsp3) is 0.692. The van der Waals surface area contributed by atoms with Crippen molar-refractivity contribution < 1.29 is 18.3 Å². The monoisotopic (exact) mass is 321 g/mol. The van der Waals surface area contributed by atoms with Crippen LogP contribution in [0.1, 0.15) is 43.6 Å². The van der Waals surface area contributed by atoms with E-state index in [0.29, 0.717) is 18.8 Å². The van der Waals surface area contributed by atoms with Crippen molar-refractivity contribution in [2.45, 2.75) is 45.3 Å². The number of halogens is 3. The molecule has 1 aromatic heterocycles. The van der Waals surface area contributed by atoms with Crippen molar-refractivity contribution in [2.75, 3.05) is 13.2 Å². The van der Waals surface area contributed by atoms with Gasteiger partial charge in [0.2, 0.25) is 5.91 Å². The van der Waals surface area contributed by atoms with E-state index < -0.39 is 18.2 Å². The number of hydrogen-bond donors (Lipinski definition) is 1. The summed E-state index contributed by atoms with van der Waals surface area (Å²) in [7, 11) is 0. The molecule has 2 unspecified atom stereocenters. The summed E-state index contributed by atoms with van der Waals surface area (Å²) in [5.74, 6) is -0.298. The zero-order valence-corrected chi connectivity index (χ0v) is 12.7. The first kappa shape index (κ1) is 16.2. The number of carbonyl (C=O) groups is 1. The molecule has 1 amide bonds. The maximum absolute atomic E-state index is 12.8. The van der Waals surface area contributed by atoms with Crippen LogP contribution in [-0.4, -0.2) is 34.9 Å². The quantitative estimate of drug-likeness (QED) is 0.907. The van der Waals surface area contributed by atoms with Gasteiger partial charge in [0.05, 0.1) is 16.8 Å². The largest absolute Gasteiger partial charge is 0.376 e. The van der Waals surface area contributed by atoms with E-state index in [2.05, 4.69) is 10.4 Å². The van der Waals surface area contributed by atoms with Gasteiger partial charge in [-0.3, -0.25) is 9.48 Å². The molecule has 0 bridgehead atoms. The Balaban J connectivity index is 2.03. The van der Waals surface area contributed by atoms with E-state index in [4.69, 9.17) is 16.3 Å². The van der Waals surface area contributed by atoms with Crippen molar-refractivity contribution in [1.29, 1.82) is 0 Å². The SMILES string of the molecule is Cc1c(Cl)c(C(F)F)nn1C(C)C(=O)NCC1CCCO1. The van der Waals surface area contributed by atoms with Crippen LogP contribution in [0.15, 0.2) is 0 Å². The minimum atomic E-state index is -2.76. The Bertz CT molecular complexity index is 516. The second-order valence-electron chi connectivity index (χ2n) is 5.09. The van der Waals surface area contributed by atoms with Crippen molar-refractivity contribution >= 4 is 17.5 Å². The van der Waals surface area contributed by atoms with Gasteiger partial charge in [0, 0.05) is 13.2 Å². The van der Waals surface area contributed by atoms with Crippen LogP contribution in [0, 0.1) is 6.92 Å². The molecule has 0 radical (unpaired) electrons. The molecule has 21 heavy (non-hydrogen) atoms. The van der Waals surface area contributed by atoms with Crippen molar-refractivity contribution in [1.82, 2.24) is 15.1 Å². The summed E-state index contributed by atoms with van der Waals surface area (Å²) in [4.78, 5) is 12.1. The van der Waals surface area contributed by atoms with Crippen molar-refractivity contribution in [2.24, 2.45) is 0 Å². The third kappa shape index (κ3) is 3.52. The van der Waals surface area contributed by atoms with Gasteiger partial charge in [0.1, 0.15) is 11.7 Å². The second-order valence-corrected chi connectivity index (χ2v) is 5.46. The van der Waals surface area contributed by atoms with Gasteiger partial charge in [-0.05, 0) is 26.7 Å². The molecule has 1 saturated heterocycles. The molecule has 5 nitrogen and oxygen atoms in total. The minimum Gasteiger partial charge on any atom is -0.376 e. The number of nitrogens with one attached hydrogen (secondary N) is 1. The van der Waals surface area contributed by atoms with Gasteiger partial charge in [-0.15, -0.1) is 0 Å². The van der Waals surface area contributed by atoms with Gasteiger partial charge < -0.3 is 10.1 Å². The molecule has 0 saturated carbocycles. The lowest BCUT2D eigenvalue weighted by molar-refractivity contribution is -0.124. The molecule has 0 spiro atoms. The second kappa shape index (κ2) is 6.70. The Hall–Kier alpha value is -1.21. The molecular weight excluding hydrogens is 304 g/mol. The molecule has 1 aliphatic rings. The van der Waals surface area contributed by atoms with Crippen LogP contribution in [0.5, 0.6) is 0 Å². The Labute approximate surface area is 126 Å². The van der Waals surface area contributed by atoms with Crippen molar-refractivity contribution in [3.8, 4) is 0 Å². The first-order valence-electron chi connectivity index (χ1n) is 6.83. The van der Waals surface area contributed by atoms with Gasteiger partial charge in [0.15, 0.2) is 0 Å². The van der Waals surface area contributed by atoms with Gasteiger partial charge in [-0.1, -0.05) is 11.6 Å². The molecule has 2 rings (SSSR count). The summed E-state index contributed by atoms with van der Waals surface area (Å²) in [6.45, 7) is 4.28. The summed E-state index contributed by atoms with van der Waals surface area (Å²) in [6.07, 6.45) is -0.835. The van der Waals surface area contributed by atoms with Gasteiger partial charge >= 0.3 is 0 Å². The Morgan fingerprint density at radius 1 is 1.62 bits per heavy atom. The number of aromatic nitrogens is 2. The molecule has 1 aliphatic heterocycles. The van der Waals surface area contributed by atoms with E-state index in [9.17, 15) is 13.6 Å². The minimum absolute atomic E-state index is 0.0279. The van der Waals surface area contributed by atoms with Gasteiger partial charge in [-0.2, -0.15) is 5.10 Å². The predicted octanol–water partition coefficient (Wildman–Crippen LogP) is 2.64. The highest BCUT2D eigenvalue weighted by Gasteiger charge is 2.26. The maximum Gasteiger partial charge on any atom is 0.283 e. The van der Waals surface area contributed by atoms with E-state index in [1.54, 1.807) is 13.8 Å². The van der Waals surface area contributed by atoms with Crippen LogP contribution in [0.2, 0.25) is 5.02 Å². The zero-order valence-electron chi connectivity index (χ0n) is 11.9. The molecule has 2 heterocycles. The molecule has 118 valence electrons. The van der Waals surface area contributed by atoms with E-state index in [1.807, 2.05) is 0 Å². The smallest absolute Gasteiger partial charge is 0.283 e. The summed E-state index contributed by atoms with van der Waals surface area (Å²) < 4.78 is 32.2. The highest BCUT2D eigenvalue weighted by molar-refractivity contribution is 6.31. The van der Waals surface area contributed by atoms with Crippen LogP contribution in [0.3, 0.4) is 0 Å². The first-order valence-corrected chi connectivity index (χ1v) is 7.21.